The van der Waals surface area contributed by atoms with E-state index in [4.69, 9.17) is 4.74 Å². The number of rotatable bonds is 8. The molecule has 2 N–H and O–H groups in total. The smallest absolute Gasteiger partial charge is 0.251 e. The first-order valence-corrected chi connectivity index (χ1v) is 11.3. The molecule has 2 aliphatic heterocycles. The number of amides is 2. The lowest BCUT2D eigenvalue weighted by molar-refractivity contribution is -0.918. The number of quaternary nitrogens is 1. The lowest BCUT2D eigenvalue weighted by Gasteiger charge is -2.25. The molecule has 2 fully saturated rings. The molecule has 2 aromatic carbocycles. The quantitative estimate of drug-likeness (QED) is 0.684. The van der Waals surface area contributed by atoms with Gasteiger partial charge in [0.2, 0.25) is 5.91 Å². The standard InChI is InChI=1S/C25H31N3O3/c1-31-22-12-10-20(11-13-22)23(27-14-2-3-15-27)17-26-25(30)21-8-6-19(7-9-21)18-28-16-4-5-24(28)29/h6-13,23H,2-5,14-18H2,1H3,(H,26,30)/p+1/t23-/m0/s1. The Balaban J connectivity index is 1.38. The molecule has 4 rings (SSSR count). The molecular weight excluding hydrogens is 390 g/mol. The van der Waals surface area contributed by atoms with Crippen LogP contribution in [0.2, 0.25) is 0 Å². The predicted molar refractivity (Wildman–Crippen MR) is 119 cm³/mol. The fraction of sp³-hybridized carbons (Fsp3) is 0.440. The van der Waals surface area contributed by atoms with E-state index in [1.165, 1.54) is 23.3 Å². The third-order valence-electron chi connectivity index (χ3n) is 6.48. The van der Waals surface area contributed by atoms with E-state index in [0.29, 0.717) is 25.1 Å². The summed E-state index contributed by atoms with van der Waals surface area (Å²) in [4.78, 5) is 28.0. The molecule has 0 unspecified atom stereocenters. The van der Waals surface area contributed by atoms with Crippen LogP contribution in [0.3, 0.4) is 0 Å². The van der Waals surface area contributed by atoms with Crippen molar-refractivity contribution in [2.24, 2.45) is 0 Å². The van der Waals surface area contributed by atoms with Gasteiger partial charge in [-0.3, -0.25) is 9.59 Å². The monoisotopic (exact) mass is 422 g/mol. The lowest BCUT2D eigenvalue weighted by Crippen LogP contribution is -3.11. The van der Waals surface area contributed by atoms with Crippen LogP contribution in [-0.4, -0.2) is 50.0 Å². The Morgan fingerprint density at radius 2 is 1.77 bits per heavy atom. The highest BCUT2D eigenvalue weighted by atomic mass is 16.5. The van der Waals surface area contributed by atoms with Gasteiger partial charge in [0.25, 0.3) is 5.91 Å². The van der Waals surface area contributed by atoms with Crippen LogP contribution in [0.5, 0.6) is 5.75 Å². The number of ether oxygens (including phenoxy) is 1. The number of methoxy groups -OCH3 is 1. The van der Waals surface area contributed by atoms with E-state index in [9.17, 15) is 9.59 Å². The van der Waals surface area contributed by atoms with E-state index >= 15 is 0 Å². The molecule has 31 heavy (non-hydrogen) atoms. The van der Waals surface area contributed by atoms with Crippen LogP contribution in [0.25, 0.3) is 0 Å². The Kier molecular flexibility index (Phi) is 6.87. The first kappa shape index (κ1) is 21.4. The van der Waals surface area contributed by atoms with Crippen LogP contribution in [-0.2, 0) is 11.3 Å². The number of likely N-dealkylation sites (tertiary alicyclic amines) is 2. The Morgan fingerprint density at radius 1 is 1.06 bits per heavy atom. The Morgan fingerprint density at radius 3 is 2.39 bits per heavy atom. The number of carbonyl (C=O) groups excluding carboxylic acids is 2. The minimum atomic E-state index is -0.0547. The Bertz CT molecular complexity index is 889. The minimum Gasteiger partial charge on any atom is -0.497 e. The Hall–Kier alpha value is -2.86. The van der Waals surface area contributed by atoms with Gasteiger partial charge in [0.1, 0.15) is 11.8 Å². The third-order valence-corrected chi connectivity index (χ3v) is 6.48. The van der Waals surface area contributed by atoms with Crippen molar-refractivity contribution < 1.29 is 19.2 Å². The highest BCUT2D eigenvalue weighted by Crippen LogP contribution is 2.17. The normalized spacial score (nSPS) is 17.7. The number of carbonyl (C=O) groups is 2. The highest BCUT2D eigenvalue weighted by molar-refractivity contribution is 5.94. The summed E-state index contributed by atoms with van der Waals surface area (Å²) in [6, 6.07) is 16.0. The van der Waals surface area contributed by atoms with Gasteiger partial charge in [-0.1, -0.05) is 12.1 Å². The number of nitrogens with one attached hydrogen (secondary N) is 2. The number of hydrogen-bond donors (Lipinski definition) is 2. The van der Waals surface area contributed by atoms with Gasteiger partial charge < -0.3 is 19.9 Å². The summed E-state index contributed by atoms with van der Waals surface area (Å²) >= 11 is 0. The molecular formula is C25H32N3O3+. The van der Waals surface area contributed by atoms with Gasteiger partial charge in [-0.2, -0.15) is 0 Å². The van der Waals surface area contributed by atoms with E-state index in [-0.39, 0.29) is 17.9 Å². The van der Waals surface area contributed by atoms with Crippen LogP contribution < -0.4 is 15.0 Å². The van der Waals surface area contributed by atoms with E-state index in [1.807, 2.05) is 41.3 Å². The maximum absolute atomic E-state index is 12.8. The maximum atomic E-state index is 12.8. The van der Waals surface area contributed by atoms with Gasteiger partial charge in [-0.05, 0) is 48.4 Å². The molecule has 0 radical (unpaired) electrons. The average Bonchev–Trinajstić information content (AvgIpc) is 3.47. The van der Waals surface area contributed by atoms with Crippen molar-refractivity contribution in [3.05, 3.63) is 65.2 Å². The van der Waals surface area contributed by atoms with E-state index in [2.05, 4.69) is 17.4 Å². The van der Waals surface area contributed by atoms with Gasteiger partial charge in [0, 0.05) is 43.5 Å². The first-order valence-electron chi connectivity index (χ1n) is 11.3. The molecule has 6 heteroatoms. The summed E-state index contributed by atoms with van der Waals surface area (Å²) < 4.78 is 5.29. The van der Waals surface area contributed by atoms with Gasteiger partial charge in [0.15, 0.2) is 0 Å². The van der Waals surface area contributed by atoms with Crippen molar-refractivity contribution in [2.75, 3.05) is 33.3 Å². The second-order valence-electron chi connectivity index (χ2n) is 8.52. The van der Waals surface area contributed by atoms with E-state index in [1.54, 1.807) is 7.11 Å². The predicted octanol–water partition coefficient (Wildman–Crippen LogP) is 1.97. The second kappa shape index (κ2) is 9.96. The van der Waals surface area contributed by atoms with Gasteiger partial charge in [-0.25, -0.2) is 0 Å². The third kappa shape index (κ3) is 5.25. The summed E-state index contributed by atoms with van der Waals surface area (Å²) in [5, 5.41) is 3.15. The molecule has 6 nitrogen and oxygen atoms in total. The van der Waals surface area contributed by atoms with Crippen LogP contribution in [0.1, 0.15) is 53.2 Å². The SMILES string of the molecule is COc1ccc([C@H](CNC(=O)c2ccc(CN3CCCC3=O)cc2)[NH+]2CCCC2)cc1. The van der Waals surface area contributed by atoms with Crippen molar-refractivity contribution in [2.45, 2.75) is 38.3 Å². The molecule has 2 aliphatic rings. The van der Waals surface area contributed by atoms with Crippen molar-refractivity contribution in [1.29, 1.82) is 0 Å². The van der Waals surface area contributed by atoms with Crippen LogP contribution in [0.15, 0.2) is 48.5 Å². The molecule has 0 bridgehead atoms. The topological polar surface area (TPSA) is 63.1 Å². The fourth-order valence-electron chi connectivity index (χ4n) is 4.66. The van der Waals surface area contributed by atoms with Crippen molar-refractivity contribution in [3.8, 4) is 5.75 Å². The summed E-state index contributed by atoms with van der Waals surface area (Å²) in [6.07, 6.45) is 4.05. The van der Waals surface area contributed by atoms with Gasteiger partial charge in [-0.15, -0.1) is 0 Å². The number of hydrogen-bond acceptors (Lipinski definition) is 3. The molecule has 0 aliphatic carbocycles. The van der Waals surface area contributed by atoms with Crippen LogP contribution in [0.4, 0.5) is 0 Å². The molecule has 0 saturated carbocycles. The summed E-state index contributed by atoms with van der Waals surface area (Å²) in [6.45, 7) is 4.32. The van der Waals surface area contributed by atoms with E-state index in [0.717, 1.165) is 37.4 Å². The fourth-order valence-corrected chi connectivity index (χ4v) is 4.66. The molecule has 0 aromatic heterocycles. The molecule has 2 aromatic rings. The molecule has 2 saturated heterocycles. The minimum absolute atomic E-state index is 0.0547. The molecule has 164 valence electrons. The molecule has 0 spiro atoms. The van der Waals surface area contributed by atoms with Crippen LogP contribution >= 0.6 is 0 Å². The summed E-state index contributed by atoms with van der Waals surface area (Å²) in [7, 11) is 1.67. The van der Waals surface area contributed by atoms with Crippen molar-refractivity contribution in [3.63, 3.8) is 0 Å². The Labute approximate surface area is 184 Å². The second-order valence-corrected chi connectivity index (χ2v) is 8.52. The summed E-state index contributed by atoms with van der Waals surface area (Å²) in [5.41, 5.74) is 2.94. The molecule has 2 amide bonds. The first-order chi connectivity index (χ1) is 15.1. The lowest BCUT2D eigenvalue weighted by atomic mass is 10.0. The molecule has 1 atom stereocenters. The largest absolute Gasteiger partial charge is 0.497 e. The van der Waals surface area contributed by atoms with Gasteiger partial charge in [0.05, 0.1) is 26.7 Å². The van der Waals surface area contributed by atoms with Crippen molar-refractivity contribution >= 4 is 11.8 Å². The zero-order valence-corrected chi connectivity index (χ0v) is 18.2. The maximum Gasteiger partial charge on any atom is 0.251 e. The summed E-state index contributed by atoms with van der Waals surface area (Å²) in [5.74, 6) is 1.01. The number of benzene rings is 2. The zero-order chi connectivity index (χ0) is 21.6. The molecule has 2 heterocycles. The van der Waals surface area contributed by atoms with Gasteiger partial charge >= 0.3 is 0 Å². The average molecular weight is 423 g/mol. The van der Waals surface area contributed by atoms with E-state index < -0.39 is 0 Å². The zero-order valence-electron chi connectivity index (χ0n) is 18.2. The van der Waals surface area contributed by atoms with Crippen LogP contribution in [0, 0.1) is 0 Å². The highest BCUT2D eigenvalue weighted by Gasteiger charge is 2.28. The van der Waals surface area contributed by atoms with Crippen molar-refractivity contribution in [1.82, 2.24) is 10.2 Å². The number of nitrogens with zero attached hydrogens (tertiary/aromatic N) is 1.